The zero-order valence-corrected chi connectivity index (χ0v) is 8.79. The van der Waals surface area contributed by atoms with Crippen LogP contribution in [0.2, 0.25) is 0 Å². The Morgan fingerprint density at radius 2 is 2.29 bits per heavy atom. The molecule has 1 aromatic carbocycles. The van der Waals surface area contributed by atoms with Gasteiger partial charge in [0.05, 0.1) is 5.38 Å². The summed E-state index contributed by atoms with van der Waals surface area (Å²) in [5, 5.41) is 8.30. The van der Waals surface area contributed by atoms with Gasteiger partial charge >= 0.3 is 5.97 Å². The van der Waals surface area contributed by atoms with Crippen LogP contribution in [0.25, 0.3) is 0 Å². The second-order valence-corrected chi connectivity index (χ2v) is 3.84. The van der Waals surface area contributed by atoms with Crippen LogP contribution >= 0.6 is 11.6 Å². The molecule has 0 aliphatic rings. The van der Waals surface area contributed by atoms with Gasteiger partial charge in [0.1, 0.15) is 0 Å². The van der Waals surface area contributed by atoms with Crippen LogP contribution in [0.3, 0.4) is 0 Å². The molecule has 0 aromatic heterocycles. The van der Waals surface area contributed by atoms with Gasteiger partial charge in [-0.15, -0.1) is 11.6 Å². The Bertz CT molecular complexity index is 323. The lowest BCUT2D eigenvalue weighted by atomic mass is 10.1. The van der Waals surface area contributed by atoms with E-state index in [1.807, 2.05) is 31.2 Å². The number of benzene rings is 1. The van der Waals surface area contributed by atoms with Crippen LogP contribution < -0.4 is 0 Å². The van der Waals surface area contributed by atoms with Gasteiger partial charge in [-0.1, -0.05) is 29.8 Å². The highest BCUT2D eigenvalue weighted by Gasteiger charge is 2.09. The molecule has 0 amide bonds. The van der Waals surface area contributed by atoms with Gasteiger partial charge in [0, 0.05) is 6.42 Å². The predicted molar refractivity (Wildman–Crippen MR) is 56.6 cm³/mol. The highest BCUT2D eigenvalue weighted by molar-refractivity contribution is 6.20. The molecular weight excluding hydrogens is 200 g/mol. The lowest BCUT2D eigenvalue weighted by molar-refractivity contribution is -0.137. The highest BCUT2D eigenvalue weighted by atomic mass is 35.5. The van der Waals surface area contributed by atoms with Crippen molar-refractivity contribution in [2.24, 2.45) is 0 Å². The van der Waals surface area contributed by atoms with Crippen molar-refractivity contribution in [2.75, 3.05) is 0 Å². The molecule has 0 fully saturated rings. The average Bonchev–Trinajstić information content (AvgIpc) is 2.14. The molecule has 0 bridgehead atoms. The van der Waals surface area contributed by atoms with Crippen molar-refractivity contribution < 1.29 is 9.90 Å². The molecule has 1 atom stereocenters. The smallest absolute Gasteiger partial charge is 0.303 e. The number of hydrogen-bond acceptors (Lipinski definition) is 1. The molecule has 1 unspecified atom stereocenters. The molecule has 1 N–H and O–H groups in total. The first-order valence-corrected chi connectivity index (χ1v) is 4.95. The summed E-state index contributed by atoms with van der Waals surface area (Å²) >= 11 is 6.06. The van der Waals surface area contributed by atoms with E-state index in [1.54, 1.807) is 0 Å². The van der Waals surface area contributed by atoms with Gasteiger partial charge in [0.25, 0.3) is 0 Å². The molecule has 14 heavy (non-hydrogen) atoms. The SMILES string of the molecule is Cc1cccc(C(Cl)CCC(=O)O)c1. The minimum Gasteiger partial charge on any atom is -0.481 e. The van der Waals surface area contributed by atoms with E-state index in [1.165, 1.54) is 0 Å². The van der Waals surface area contributed by atoms with E-state index in [-0.39, 0.29) is 11.8 Å². The second-order valence-electron chi connectivity index (χ2n) is 3.31. The van der Waals surface area contributed by atoms with Crippen LogP contribution in [0, 0.1) is 6.92 Å². The third-order valence-corrected chi connectivity index (χ3v) is 2.49. The maximum absolute atomic E-state index is 10.3. The summed E-state index contributed by atoms with van der Waals surface area (Å²) in [6.07, 6.45) is 0.586. The van der Waals surface area contributed by atoms with Crippen LogP contribution in [0.1, 0.15) is 29.3 Å². The Balaban J connectivity index is 2.60. The summed E-state index contributed by atoms with van der Waals surface area (Å²) in [7, 11) is 0. The quantitative estimate of drug-likeness (QED) is 0.779. The molecule has 1 rings (SSSR count). The number of hydrogen-bond donors (Lipinski definition) is 1. The van der Waals surface area contributed by atoms with Crippen LogP contribution in [0.4, 0.5) is 0 Å². The van der Waals surface area contributed by atoms with E-state index in [9.17, 15) is 4.79 Å². The minimum atomic E-state index is -0.802. The number of aryl methyl sites for hydroxylation is 1. The largest absolute Gasteiger partial charge is 0.481 e. The van der Waals surface area contributed by atoms with E-state index in [0.717, 1.165) is 11.1 Å². The standard InChI is InChI=1S/C11H13ClO2/c1-8-3-2-4-9(7-8)10(12)5-6-11(13)14/h2-4,7,10H,5-6H2,1H3,(H,13,14). The molecule has 0 radical (unpaired) electrons. The Labute approximate surface area is 88.5 Å². The van der Waals surface area contributed by atoms with Gasteiger partial charge in [-0.05, 0) is 18.9 Å². The fourth-order valence-electron chi connectivity index (χ4n) is 1.28. The molecule has 0 spiro atoms. The molecule has 76 valence electrons. The topological polar surface area (TPSA) is 37.3 Å². The first kappa shape index (κ1) is 11.1. The monoisotopic (exact) mass is 212 g/mol. The maximum Gasteiger partial charge on any atom is 0.303 e. The molecule has 2 nitrogen and oxygen atoms in total. The highest BCUT2D eigenvalue weighted by Crippen LogP contribution is 2.25. The van der Waals surface area contributed by atoms with Crippen molar-refractivity contribution in [3.63, 3.8) is 0 Å². The van der Waals surface area contributed by atoms with Crippen molar-refractivity contribution in [3.05, 3.63) is 35.4 Å². The molecule has 0 aliphatic heterocycles. The van der Waals surface area contributed by atoms with Crippen LogP contribution in [-0.2, 0) is 4.79 Å². The maximum atomic E-state index is 10.3. The zero-order chi connectivity index (χ0) is 10.6. The fourth-order valence-corrected chi connectivity index (χ4v) is 1.53. The number of aliphatic carboxylic acids is 1. The van der Waals surface area contributed by atoms with Crippen molar-refractivity contribution in [1.29, 1.82) is 0 Å². The number of rotatable bonds is 4. The Kier molecular flexibility index (Phi) is 3.96. The number of carbonyl (C=O) groups is 1. The molecule has 3 heteroatoms. The molecule has 1 aromatic rings. The van der Waals surface area contributed by atoms with E-state index < -0.39 is 5.97 Å². The third kappa shape index (κ3) is 3.38. The van der Waals surface area contributed by atoms with E-state index in [0.29, 0.717) is 6.42 Å². The zero-order valence-electron chi connectivity index (χ0n) is 8.03. The summed E-state index contributed by atoms with van der Waals surface area (Å²) in [6.45, 7) is 1.99. The molecule has 0 aliphatic carbocycles. The lowest BCUT2D eigenvalue weighted by Gasteiger charge is -2.08. The van der Waals surface area contributed by atoms with E-state index in [4.69, 9.17) is 16.7 Å². The van der Waals surface area contributed by atoms with Crippen LogP contribution in [0.15, 0.2) is 24.3 Å². The van der Waals surface area contributed by atoms with Crippen molar-refractivity contribution in [3.8, 4) is 0 Å². The van der Waals surface area contributed by atoms with E-state index in [2.05, 4.69) is 0 Å². The van der Waals surface area contributed by atoms with Gasteiger partial charge in [-0.25, -0.2) is 0 Å². The minimum absolute atomic E-state index is 0.113. The molecule has 0 saturated carbocycles. The van der Waals surface area contributed by atoms with Crippen molar-refractivity contribution in [2.45, 2.75) is 25.1 Å². The summed E-state index contributed by atoms with van der Waals surface area (Å²) in [4.78, 5) is 10.3. The average molecular weight is 213 g/mol. The third-order valence-electron chi connectivity index (χ3n) is 2.02. The predicted octanol–water partition coefficient (Wildman–Crippen LogP) is 3.14. The van der Waals surface area contributed by atoms with Crippen molar-refractivity contribution in [1.82, 2.24) is 0 Å². The number of carboxylic acids is 1. The number of carboxylic acid groups (broad SMARTS) is 1. The molecular formula is C11H13ClO2. The van der Waals surface area contributed by atoms with Crippen LogP contribution in [0.5, 0.6) is 0 Å². The first-order valence-electron chi connectivity index (χ1n) is 4.52. The fraction of sp³-hybridized carbons (Fsp3) is 0.364. The van der Waals surface area contributed by atoms with Crippen molar-refractivity contribution >= 4 is 17.6 Å². The molecule has 0 heterocycles. The Morgan fingerprint density at radius 3 is 2.86 bits per heavy atom. The van der Waals surface area contributed by atoms with E-state index >= 15 is 0 Å². The van der Waals surface area contributed by atoms with Gasteiger partial charge in [0.2, 0.25) is 0 Å². The van der Waals surface area contributed by atoms with Gasteiger partial charge < -0.3 is 5.11 Å². The summed E-state index contributed by atoms with van der Waals surface area (Å²) < 4.78 is 0. The lowest BCUT2D eigenvalue weighted by Crippen LogP contribution is -1.98. The first-order chi connectivity index (χ1) is 6.59. The van der Waals surface area contributed by atoms with Crippen LogP contribution in [-0.4, -0.2) is 11.1 Å². The Morgan fingerprint density at radius 1 is 1.57 bits per heavy atom. The summed E-state index contributed by atoms with van der Waals surface area (Å²) in [5.74, 6) is -0.802. The normalized spacial score (nSPS) is 12.4. The second kappa shape index (κ2) is 5.01. The molecule has 0 saturated heterocycles. The number of alkyl halides is 1. The Hall–Kier alpha value is -1.02. The van der Waals surface area contributed by atoms with Gasteiger partial charge in [-0.3, -0.25) is 4.79 Å². The summed E-state index contributed by atoms with van der Waals surface area (Å²) in [5.41, 5.74) is 2.14. The summed E-state index contributed by atoms with van der Waals surface area (Å²) in [6, 6.07) is 7.83. The number of halogens is 1. The van der Waals surface area contributed by atoms with Gasteiger partial charge in [-0.2, -0.15) is 0 Å². The van der Waals surface area contributed by atoms with Gasteiger partial charge in [0.15, 0.2) is 0 Å².